The number of urea groups is 1. The Morgan fingerprint density at radius 3 is 2.89 bits per heavy atom. The SMILES string of the molecule is NCC[C@@H]1CN(C(=O)Nc2ccc(OCCc3ccccn3)cc2)CCO1. The zero-order valence-electron chi connectivity index (χ0n) is 15.3. The fourth-order valence-electron chi connectivity index (χ4n) is 2.92. The molecule has 2 aromatic rings. The van der Waals surface area contributed by atoms with E-state index < -0.39 is 0 Å². The van der Waals surface area contributed by atoms with Crippen LogP contribution in [0.3, 0.4) is 0 Å². The normalized spacial score (nSPS) is 16.8. The quantitative estimate of drug-likeness (QED) is 0.780. The average molecular weight is 370 g/mol. The van der Waals surface area contributed by atoms with Crippen molar-refractivity contribution in [2.75, 3.05) is 38.2 Å². The van der Waals surface area contributed by atoms with Crippen LogP contribution in [0.2, 0.25) is 0 Å². The largest absolute Gasteiger partial charge is 0.493 e. The van der Waals surface area contributed by atoms with Crippen LogP contribution in [0.1, 0.15) is 12.1 Å². The number of hydrogen-bond donors (Lipinski definition) is 2. The monoisotopic (exact) mass is 370 g/mol. The summed E-state index contributed by atoms with van der Waals surface area (Å²) in [6, 6.07) is 13.1. The number of rotatable bonds is 7. The van der Waals surface area contributed by atoms with Crippen LogP contribution in [0, 0.1) is 0 Å². The third kappa shape index (κ3) is 5.94. The lowest BCUT2D eigenvalue weighted by Crippen LogP contribution is -2.47. The van der Waals surface area contributed by atoms with E-state index in [-0.39, 0.29) is 12.1 Å². The number of carbonyl (C=O) groups excluding carboxylic acids is 1. The Hall–Kier alpha value is -2.64. The second kappa shape index (κ2) is 9.89. The smallest absolute Gasteiger partial charge is 0.322 e. The molecular weight excluding hydrogens is 344 g/mol. The number of nitrogens with one attached hydrogen (secondary N) is 1. The van der Waals surface area contributed by atoms with Gasteiger partial charge >= 0.3 is 6.03 Å². The molecule has 7 nitrogen and oxygen atoms in total. The van der Waals surface area contributed by atoms with Crippen LogP contribution in [-0.2, 0) is 11.2 Å². The van der Waals surface area contributed by atoms with E-state index in [1.54, 1.807) is 11.1 Å². The van der Waals surface area contributed by atoms with Crippen LogP contribution < -0.4 is 15.8 Å². The summed E-state index contributed by atoms with van der Waals surface area (Å²) in [4.78, 5) is 18.5. The van der Waals surface area contributed by atoms with Crippen molar-refractivity contribution in [2.24, 2.45) is 5.73 Å². The molecule has 2 heterocycles. The molecule has 1 atom stereocenters. The molecule has 0 unspecified atom stereocenters. The van der Waals surface area contributed by atoms with E-state index in [0.717, 1.165) is 30.0 Å². The molecule has 0 bridgehead atoms. The van der Waals surface area contributed by atoms with Crippen molar-refractivity contribution >= 4 is 11.7 Å². The van der Waals surface area contributed by atoms with E-state index in [0.29, 0.717) is 32.8 Å². The Morgan fingerprint density at radius 2 is 2.15 bits per heavy atom. The Morgan fingerprint density at radius 1 is 1.30 bits per heavy atom. The number of aromatic nitrogens is 1. The molecular formula is C20H26N4O3. The molecule has 2 amide bonds. The van der Waals surface area contributed by atoms with Crippen molar-refractivity contribution in [1.29, 1.82) is 0 Å². The number of carbonyl (C=O) groups is 1. The maximum Gasteiger partial charge on any atom is 0.322 e. The van der Waals surface area contributed by atoms with E-state index in [2.05, 4.69) is 10.3 Å². The van der Waals surface area contributed by atoms with Crippen LogP contribution in [0.15, 0.2) is 48.7 Å². The van der Waals surface area contributed by atoms with E-state index >= 15 is 0 Å². The second-order valence-electron chi connectivity index (χ2n) is 6.39. The number of nitrogens with two attached hydrogens (primary N) is 1. The van der Waals surface area contributed by atoms with Gasteiger partial charge in [0.2, 0.25) is 0 Å². The first-order chi connectivity index (χ1) is 13.2. The Kier molecular flexibility index (Phi) is 7.01. The Bertz CT molecular complexity index is 707. The van der Waals surface area contributed by atoms with Gasteiger partial charge in [0.25, 0.3) is 0 Å². The third-order valence-electron chi connectivity index (χ3n) is 4.37. The summed E-state index contributed by atoms with van der Waals surface area (Å²) in [5.41, 5.74) is 7.31. The van der Waals surface area contributed by atoms with Crippen molar-refractivity contribution in [3.05, 3.63) is 54.4 Å². The molecule has 0 spiro atoms. The van der Waals surface area contributed by atoms with Crippen LogP contribution in [-0.4, -0.2) is 54.9 Å². The maximum absolute atomic E-state index is 12.4. The predicted octanol–water partition coefficient (Wildman–Crippen LogP) is 2.28. The number of hydrogen-bond acceptors (Lipinski definition) is 5. The lowest BCUT2D eigenvalue weighted by atomic mass is 10.2. The lowest BCUT2D eigenvalue weighted by molar-refractivity contribution is -0.0146. The van der Waals surface area contributed by atoms with Crippen LogP contribution in [0.25, 0.3) is 0 Å². The van der Waals surface area contributed by atoms with Gasteiger partial charge < -0.3 is 25.4 Å². The van der Waals surface area contributed by atoms with Crippen molar-refractivity contribution in [1.82, 2.24) is 9.88 Å². The highest BCUT2D eigenvalue weighted by Gasteiger charge is 2.23. The number of nitrogens with zero attached hydrogens (tertiary/aromatic N) is 2. The first kappa shape index (κ1) is 19.1. The minimum Gasteiger partial charge on any atom is -0.493 e. The van der Waals surface area contributed by atoms with Gasteiger partial charge in [-0.1, -0.05) is 6.07 Å². The third-order valence-corrected chi connectivity index (χ3v) is 4.37. The molecule has 1 aliphatic rings. The van der Waals surface area contributed by atoms with Gasteiger partial charge in [0.1, 0.15) is 5.75 Å². The predicted molar refractivity (Wildman–Crippen MR) is 104 cm³/mol. The summed E-state index contributed by atoms with van der Waals surface area (Å²) >= 11 is 0. The number of anilines is 1. The zero-order chi connectivity index (χ0) is 18.9. The van der Waals surface area contributed by atoms with Gasteiger partial charge in [-0.15, -0.1) is 0 Å². The molecule has 27 heavy (non-hydrogen) atoms. The van der Waals surface area contributed by atoms with Crippen molar-refractivity contribution in [3.8, 4) is 5.75 Å². The topological polar surface area (TPSA) is 89.7 Å². The lowest BCUT2D eigenvalue weighted by Gasteiger charge is -2.32. The minimum absolute atomic E-state index is 0.0179. The molecule has 1 aromatic carbocycles. The zero-order valence-corrected chi connectivity index (χ0v) is 15.3. The first-order valence-electron chi connectivity index (χ1n) is 9.25. The van der Waals surface area contributed by atoms with Crippen LogP contribution >= 0.6 is 0 Å². The summed E-state index contributed by atoms with van der Waals surface area (Å²) in [7, 11) is 0. The van der Waals surface area contributed by atoms with Gasteiger partial charge in [-0.3, -0.25) is 4.98 Å². The van der Waals surface area contributed by atoms with Gasteiger partial charge in [-0.05, 0) is 49.4 Å². The maximum atomic E-state index is 12.4. The first-order valence-corrected chi connectivity index (χ1v) is 9.25. The molecule has 1 aliphatic heterocycles. The van der Waals surface area contributed by atoms with Gasteiger partial charge in [0, 0.05) is 37.1 Å². The summed E-state index contributed by atoms with van der Waals surface area (Å²) in [6.45, 7) is 2.81. The highest BCUT2D eigenvalue weighted by molar-refractivity contribution is 5.89. The number of morpholine rings is 1. The van der Waals surface area contributed by atoms with Crippen molar-refractivity contribution < 1.29 is 14.3 Å². The number of ether oxygens (including phenoxy) is 2. The summed E-state index contributed by atoms with van der Waals surface area (Å²) < 4.78 is 11.3. The summed E-state index contributed by atoms with van der Waals surface area (Å²) in [5.74, 6) is 0.762. The standard InChI is InChI=1S/C20H26N4O3/c21-10-8-19-15-24(12-14-27-19)20(25)23-17-4-6-18(7-5-17)26-13-9-16-3-1-2-11-22-16/h1-7,11,19H,8-10,12-15,21H2,(H,23,25)/t19-/m1/s1. The van der Waals surface area contributed by atoms with Gasteiger partial charge in [-0.25, -0.2) is 4.79 Å². The fraction of sp³-hybridized carbons (Fsp3) is 0.400. The minimum atomic E-state index is -0.121. The van der Waals surface area contributed by atoms with Gasteiger partial charge in [-0.2, -0.15) is 0 Å². The van der Waals surface area contributed by atoms with E-state index in [9.17, 15) is 4.79 Å². The highest BCUT2D eigenvalue weighted by Crippen LogP contribution is 2.17. The fourth-order valence-corrected chi connectivity index (χ4v) is 2.92. The second-order valence-corrected chi connectivity index (χ2v) is 6.39. The molecule has 0 radical (unpaired) electrons. The summed E-state index contributed by atoms with van der Waals surface area (Å²) in [6.07, 6.45) is 3.30. The van der Waals surface area contributed by atoms with Crippen molar-refractivity contribution in [2.45, 2.75) is 18.9 Å². The van der Waals surface area contributed by atoms with Gasteiger partial charge in [0.05, 0.1) is 19.3 Å². The molecule has 7 heteroatoms. The van der Waals surface area contributed by atoms with Crippen LogP contribution in [0.5, 0.6) is 5.75 Å². The van der Waals surface area contributed by atoms with E-state index in [1.165, 1.54) is 0 Å². The molecule has 3 rings (SSSR count). The number of pyridine rings is 1. The molecule has 0 aliphatic carbocycles. The molecule has 144 valence electrons. The highest BCUT2D eigenvalue weighted by atomic mass is 16.5. The molecule has 3 N–H and O–H groups in total. The van der Waals surface area contributed by atoms with Crippen molar-refractivity contribution in [3.63, 3.8) is 0 Å². The molecule has 1 saturated heterocycles. The average Bonchev–Trinajstić information content (AvgIpc) is 2.71. The molecule has 1 aromatic heterocycles. The number of amides is 2. The van der Waals surface area contributed by atoms with Crippen LogP contribution in [0.4, 0.5) is 10.5 Å². The number of benzene rings is 1. The van der Waals surface area contributed by atoms with E-state index in [1.807, 2.05) is 42.5 Å². The molecule has 1 fully saturated rings. The van der Waals surface area contributed by atoms with E-state index in [4.69, 9.17) is 15.2 Å². The molecule has 0 saturated carbocycles. The Labute approximate surface area is 159 Å². The Balaban J connectivity index is 1.45. The summed E-state index contributed by atoms with van der Waals surface area (Å²) in [5, 5.41) is 2.92. The van der Waals surface area contributed by atoms with Gasteiger partial charge in [0.15, 0.2) is 0 Å².